The third kappa shape index (κ3) is 3.61. The number of carbonyl (C=O) groups excluding carboxylic acids is 1. The van der Waals surface area contributed by atoms with Crippen molar-refractivity contribution in [1.29, 1.82) is 0 Å². The van der Waals surface area contributed by atoms with E-state index in [-0.39, 0.29) is 4.90 Å². The normalized spacial score (nSPS) is 12.0. The molecule has 0 saturated heterocycles. The van der Waals surface area contributed by atoms with E-state index in [0.29, 0.717) is 22.3 Å². The predicted octanol–water partition coefficient (Wildman–Crippen LogP) is 3.96. The average molecular weight is 407 g/mol. The molecule has 0 aliphatic heterocycles. The van der Waals surface area contributed by atoms with E-state index in [0.717, 1.165) is 17.4 Å². The Morgan fingerprint density at radius 3 is 2.66 bits per heavy atom. The first-order valence-electron chi connectivity index (χ1n) is 9.34. The van der Waals surface area contributed by atoms with Crippen molar-refractivity contribution in [2.75, 3.05) is 0 Å². The van der Waals surface area contributed by atoms with Crippen molar-refractivity contribution in [3.63, 3.8) is 0 Å². The molecule has 0 spiro atoms. The monoisotopic (exact) mass is 407 g/mol. The molecule has 0 atom stereocenters. The fourth-order valence-corrected chi connectivity index (χ4v) is 4.73. The third-order valence-corrected chi connectivity index (χ3v) is 6.17. The van der Waals surface area contributed by atoms with Gasteiger partial charge in [0.15, 0.2) is 0 Å². The number of hydrogen-bond donors (Lipinski definition) is 1. The number of hydrogen-bond acceptors (Lipinski definition) is 4. The summed E-state index contributed by atoms with van der Waals surface area (Å²) in [6.45, 7) is 5.06. The molecule has 0 radical (unpaired) electrons. The van der Waals surface area contributed by atoms with E-state index in [1.54, 1.807) is 36.5 Å². The van der Waals surface area contributed by atoms with Crippen molar-refractivity contribution in [2.24, 2.45) is 5.92 Å². The van der Waals surface area contributed by atoms with Gasteiger partial charge < -0.3 is 4.57 Å². The van der Waals surface area contributed by atoms with Gasteiger partial charge in [0.25, 0.3) is 15.9 Å². The van der Waals surface area contributed by atoms with Crippen LogP contribution in [0.2, 0.25) is 0 Å². The predicted molar refractivity (Wildman–Crippen MR) is 113 cm³/mol. The molecular formula is C22H21N3O3S. The number of pyridine rings is 1. The largest absolute Gasteiger partial charge is 0.347 e. The second-order valence-corrected chi connectivity index (χ2v) is 9.04. The van der Waals surface area contributed by atoms with Gasteiger partial charge in [-0.15, -0.1) is 0 Å². The van der Waals surface area contributed by atoms with Crippen molar-refractivity contribution in [2.45, 2.75) is 25.3 Å². The lowest BCUT2D eigenvalue weighted by atomic mass is 10.1. The summed E-state index contributed by atoms with van der Waals surface area (Å²) in [5, 5.41) is 1.93. The van der Waals surface area contributed by atoms with Gasteiger partial charge in [-0.1, -0.05) is 32.0 Å². The number of benzene rings is 2. The van der Waals surface area contributed by atoms with Crippen LogP contribution in [-0.2, 0) is 16.6 Å². The molecule has 0 unspecified atom stereocenters. The molecule has 0 aliphatic carbocycles. The van der Waals surface area contributed by atoms with Crippen LogP contribution in [0.3, 0.4) is 0 Å². The van der Waals surface area contributed by atoms with E-state index in [9.17, 15) is 13.2 Å². The number of carbonyl (C=O) groups is 1. The Kier molecular flexibility index (Phi) is 4.84. The lowest BCUT2D eigenvalue weighted by Gasteiger charge is -2.11. The average Bonchev–Trinajstić information content (AvgIpc) is 3.09. The Bertz CT molecular complexity index is 1320. The maximum absolute atomic E-state index is 13.0. The molecule has 2 aromatic heterocycles. The Morgan fingerprint density at radius 2 is 1.86 bits per heavy atom. The molecule has 29 heavy (non-hydrogen) atoms. The summed E-state index contributed by atoms with van der Waals surface area (Å²) in [4.78, 5) is 17.0. The van der Waals surface area contributed by atoms with Gasteiger partial charge in [0.2, 0.25) is 0 Å². The maximum atomic E-state index is 13.0. The molecule has 2 heterocycles. The van der Waals surface area contributed by atoms with E-state index < -0.39 is 15.9 Å². The summed E-state index contributed by atoms with van der Waals surface area (Å²) in [5.41, 5.74) is 1.23. The van der Waals surface area contributed by atoms with E-state index in [4.69, 9.17) is 0 Å². The molecule has 7 heteroatoms. The van der Waals surface area contributed by atoms with Crippen LogP contribution in [0.15, 0.2) is 72.0 Å². The fourth-order valence-electron chi connectivity index (χ4n) is 3.53. The number of aromatic nitrogens is 2. The highest BCUT2D eigenvalue weighted by atomic mass is 32.2. The van der Waals surface area contributed by atoms with Crippen LogP contribution in [-0.4, -0.2) is 23.9 Å². The van der Waals surface area contributed by atoms with Crippen LogP contribution in [0.1, 0.15) is 24.2 Å². The summed E-state index contributed by atoms with van der Waals surface area (Å²) in [7, 11) is -4.05. The summed E-state index contributed by atoms with van der Waals surface area (Å²) in [5.74, 6) is -0.201. The highest BCUT2D eigenvalue weighted by Crippen LogP contribution is 2.24. The molecule has 4 aromatic rings. The SMILES string of the molecule is CC(C)Cn1ccc2c(C(=O)NS(=O)(=O)c3cccc4cnccc34)cccc21. The van der Waals surface area contributed by atoms with Gasteiger partial charge in [-0.05, 0) is 36.2 Å². The third-order valence-electron chi connectivity index (χ3n) is 4.78. The quantitative estimate of drug-likeness (QED) is 0.543. The molecule has 4 rings (SSSR count). The summed E-state index contributed by atoms with van der Waals surface area (Å²) >= 11 is 0. The summed E-state index contributed by atoms with van der Waals surface area (Å²) < 4.78 is 30.2. The fraction of sp³-hybridized carbons (Fsp3) is 0.182. The second-order valence-electron chi connectivity index (χ2n) is 7.39. The van der Waals surface area contributed by atoms with E-state index >= 15 is 0 Å². The summed E-state index contributed by atoms with van der Waals surface area (Å²) in [6, 6.07) is 13.7. The maximum Gasteiger partial charge on any atom is 0.265 e. The van der Waals surface area contributed by atoms with E-state index in [2.05, 4.69) is 28.1 Å². The molecule has 0 saturated carbocycles. The molecule has 2 aromatic carbocycles. The molecule has 1 N–H and O–H groups in total. The first kappa shape index (κ1) is 19.1. The molecule has 0 fully saturated rings. The van der Waals surface area contributed by atoms with Crippen molar-refractivity contribution in [3.05, 3.63) is 72.7 Å². The second kappa shape index (κ2) is 7.33. The first-order valence-corrected chi connectivity index (χ1v) is 10.8. The Labute approximate surface area is 169 Å². The number of nitrogens with zero attached hydrogens (tertiary/aromatic N) is 2. The van der Waals surface area contributed by atoms with Gasteiger partial charge in [0, 0.05) is 52.4 Å². The van der Waals surface area contributed by atoms with Crippen LogP contribution in [0.25, 0.3) is 21.7 Å². The summed E-state index contributed by atoms with van der Waals surface area (Å²) in [6.07, 6.45) is 5.05. The zero-order valence-electron chi connectivity index (χ0n) is 16.2. The molecule has 0 aliphatic rings. The van der Waals surface area contributed by atoms with Crippen LogP contribution in [0.4, 0.5) is 0 Å². The van der Waals surface area contributed by atoms with Crippen molar-refractivity contribution in [1.82, 2.24) is 14.3 Å². The van der Waals surface area contributed by atoms with Gasteiger partial charge in [-0.25, -0.2) is 13.1 Å². The minimum Gasteiger partial charge on any atom is -0.347 e. The Balaban J connectivity index is 1.71. The van der Waals surface area contributed by atoms with Gasteiger partial charge in [-0.2, -0.15) is 0 Å². The lowest BCUT2D eigenvalue weighted by Crippen LogP contribution is -2.30. The number of sulfonamides is 1. The van der Waals surface area contributed by atoms with Gasteiger partial charge >= 0.3 is 0 Å². The number of fused-ring (bicyclic) bond motifs is 2. The van der Waals surface area contributed by atoms with Crippen LogP contribution in [0, 0.1) is 5.92 Å². The molecule has 0 bridgehead atoms. The first-order chi connectivity index (χ1) is 13.9. The zero-order valence-corrected chi connectivity index (χ0v) is 17.0. The number of amides is 1. The van der Waals surface area contributed by atoms with Crippen LogP contribution < -0.4 is 4.72 Å². The minimum absolute atomic E-state index is 0.0512. The highest BCUT2D eigenvalue weighted by Gasteiger charge is 2.22. The minimum atomic E-state index is -4.05. The standard InChI is InChI=1S/C22H21N3O3S/c1-15(2)14-25-12-10-18-19(6-4-7-20(18)25)22(26)24-29(27,28)21-8-3-5-16-13-23-11-9-17(16)21/h3-13,15H,14H2,1-2H3,(H,24,26). The van der Waals surface area contributed by atoms with Gasteiger partial charge in [-0.3, -0.25) is 9.78 Å². The van der Waals surface area contributed by atoms with E-state index in [1.807, 2.05) is 18.3 Å². The Morgan fingerprint density at radius 1 is 1.07 bits per heavy atom. The topological polar surface area (TPSA) is 81.1 Å². The number of nitrogens with one attached hydrogen (secondary N) is 1. The van der Waals surface area contributed by atoms with Gasteiger partial charge in [0.1, 0.15) is 0 Å². The van der Waals surface area contributed by atoms with Crippen LogP contribution in [0.5, 0.6) is 0 Å². The molecule has 6 nitrogen and oxygen atoms in total. The smallest absolute Gasteiger partial charge is 0.265 e. The zero-order chi connectivity index (χ0) is 20.6. The van der Waals surface area contributed by atoms with Crippen LogP contribution >= 0.6 is 0 Å². The van der Waals surface area contributed by atoms with Crippen molar-refractivity contribution >= 4 is 37.6 Å². The number of rotatable bonds is 5. The Hall–Kier alpha value is -3.19. The van der Waals surface area contributed by atoms with Gasteiger partial charge in [0.05, 0.1) is 4.90 Å². The molecule has 1 amide bonds. The highest BCUT2D eigenvalue weighted by molar-refractivity contribution is 7.90. The van der Waals surface area contributed by atoms with Crippen molar-refractivity contribution < 1.29 is 13.2 Å². The molecular weight excluding hydrogens is 386 g/mol. The van der Waals surface area contributed by atoms with E-state index in [1.165, 1.54) is 12.3 Å². The van der Waals surface area contributed by atoms with Crippen molar-refractivity contribution in [3.8, 4) is 0 Å². The molecule has 148 valence electrons. The lowest BCUT2D eigenvalue weighted by molar-refractivity contribution is 0.0983.